The number of hydrogen-bond acceptors (Lipinski definition) is 2. The van der Waals surface area contributed by atoms with Gasteiger partial charge < -0.3 is 4.90 Å². The number of rotatable bonds is 3. The summed E-state index contributed by atoms with van der Waals surface area (Å²) in [6, 6.07) is 1.70. The molecule has 5 nitrogen and oxygen atoms in total. The average molecular weight is 196 g/mol. The first-order chi connectivity index (χ1) is 6.67. The highest BCUT2D eigenvalue weighted by molar-refractivity contribution is 5.88. The molecule has 0 saturated carbocycles. The van der Waals surface area contributed by atoms with E-state index >= 15 is 0 Å². The number of aryl methyl sites for hydroxylation is 1. The second kappa shape index (κ2) is 4.64. The molecule has 14 heavy (non-hydrogen) atoms. The van der Waals surface area contributed by atoms with Gasteiger partial charge in [0.2, 0.25) is 0 Å². The van der Waals surface area contributed by atoms with Crippen molar-refractivity contribution in [3.63, 3.8) is 0 Å². The number of carbonyl (C=O) groups excluding carboxylic acids is 1. The van der Waals surface area contributed by atoms with E-state index in [0.29, 0.717) is 12.4 Å². The molecule has 1 aromatic rings. The predicted molar refractivity (Wildman–Crippen MR) is 55.3 cm³/mol. The molecule has 5 heteroatoms. The van der Waals surface area contributed by atoms with Crippen molar-refractivity contribution >= 4 is 11.8 Å². The molecule has 0 saturated heterocycles. The number of aromatic nitrogens is 2. The lowest BCUT2D eigenvalue weighted by Crippen LogP contribution is -2.31. The van der Waals surface area contributed by atoms with Crippen molar-refractivity contribution in [3.05, 3.63) is 11.8 Å². The Morgan fingerprint density at radius 2 is 2.36 bits per heavy atom. The van der Waals surface area contributed by atoms with Gasteiger partial charge in [0.15, 0.2) is 5.82 Å². The molecule has 2 amide bonds. The first-order valence-electron chi connectivity index (χ1n) is 4.73. The van der Waals surface area contributed by atoms with Gasteiger partial charge in [-0.05, 0) is 13.3 Å². The Labute approximate surface area is 83.5 Å². The normalized spacial score (nSPS) is 9.93. The van der Waals surface area contributed by atoms with Crippen molar-refractivity contribution in [2.75, 3.05) is 18.9 Å². The van der Waals surface area contributed by atoms with E-state index in [9.17, 15) is 4.79 Å². The molecule has 0 aliphatic rings. The summed E-state index contributed by atoms with van der Waals surface area (Å²) in [6.45, 7) is 4.62. The highest BCUT2D eigenvalue weighted by atomic mass is 16.2. The third-order valence-corrected chi connectivity index (χ3v) is 2.07. The summed E-state index contributed by atoms with van der Waals surface area (Å²) in [7, 11) is 1.74. The van der Waals surface area contributed by atoms with Crippen LogP contribution in [0.1, 0.15) is 19.5 Å². The molecule has 0 bridgehead atoms. The molecule has 0 fully saturated rings. The Hall–Kier alpha value is -1.52. The van der Waals surface area contributed by atoms with Crippen molar-refractivity contribution in [3.8, 4) is 0 Å². The fourth-order valence-electron chi connectivity index (χ4n) is 0.955. The van der Waals surface area contributed by atoms with E-state index in [1.807, 2.05) is 19.9 Å². The SMILES string of the molecule is CCc1cc(NC(=O)N(C)CC)n[nH]1. The van der Waals surface area contributed by atoms with Crippen LogP contribution in [0.15, 0.2) is 6.07 Å². The lowest BCUT2D eigenvalue weighted by atomic mass is 10.3. The maximum absolute atomic E-state index is 11.4. The van der Waals surface area contributed by atoms with E-state index in [1.165, 1.54) is 0 Å². The summed E-state index contributed by atoms with van der Waals surface area (Å²) in [5.41, 5.74) is 1.01. The fourth-order valence-corrected chi connectivity index (χ4v) is 0.955. The monoisotopic (exact) mass is 196 g/mol. The molecule has 0 radical (unpaired) electrons. The Bertz CT molecular complexity index is 308. The number of H-pyrrole nitrogens is 1. The molecule has 0 aliphatic heterocycles. The van der Waals surface area contributed by atoms with Crippen LogP contribution in [0.3, 0.4) is 0 Å². The molecule has 1 rings (SSSR count). The van der Waals surface area contributed by atoms with Crippen LogP contribution < -0.4 is 5.32 Å². The van der Waals surface area contributed by atoms with Gasteiger partial charge in [0.1, 0.15) is 0 Å². The van der Waals surface area contributed by atoms with Crippen molar-refractivity contribution in [1.29, 1.82) is 0 Å². The van der Waals surface area contributed by atoms with Crippen LogP contribution in [0.5, 0.6) is 0 Å². The highest BCUT2D eigenvalue weighted by Gasteiger charge is 2.07. The summed E-state index contributed by atoms with van der Waals surface area (Å²) in [6.07, 6.45) is 0.881. The van der Waals surface area contributed by atoms with E-state index < -0.39 is 0 Å². The third kappa shape index (κ3) is 2.48. The van der Waals surface area contributed by atoms with E-state index in [4.69, 9.17) is 0 Å². The fraction of sp³-hybridized carbons (Fsp3) is 0.556. The Morgan fingerprint density at radius 3 is 2.86 bits per heavy atom. The minimum absolute atomic E-state index is 0.137. The Balaban J connectivity index is 2.56. The maximum Gasteiger partial charge on any atom is 0.322 e. The van der Waals surface area contributed by atoms with E-state index in [1.54, 1.807) is 11.9 Å². The lowest BCUT2D eigenvalue weighted by Gasteiger charge is -2.13. The number of carbonyl (C=O) groups is 1. The second-order valence-electron chi connectivity index (χ2n) is 3.08. The standard InChI is InChI=1S/C9H16N4O/c1-4-7-6-8(12-11-7)10-9(14)13(3)5-2/h6H,4-5H2,1-3H3,(H2,10,11,12,14). The van der Waals surface area contributed by atoms with Gasteiger partial charge in [-0.3, -0.25) is 10.4 Å². The lowest BCUT2D eigenvalue weighted by molar-refractivity contribution is 0.224. The summed E-state index contributed by atoms with van der Waals surface area (Å²) >= 11 is 0. The number of aromatic amines is 1. The number of hydrogen-bond donors (Lipinski definition) is 2. The molecule has 0 atom stereocenters. The van der Waals surface area contributed by atoms with Gasteiger partial charge in [-0.2, -0.15) is 5.10 Å². The molecule has 2 N–H and O–H groups in total. The van der Waals surface area contributed by atoms with Crippen LogP contribution in [0.4, 0.5) is 10.6 Å². The van der Waals surface area contributed by atoms with Gasteiger partial charge in [0.25, 0.3) is 0 Å². The second-order valence-corrected chi connectivity index (χ2v) is 3.08. The van der Waals surface area contributed by atoms with Crippen LogP contribution in [0.2, 0.25) is 0 Å². The number of urea groups is 1. The van der Waals surface area contributed by atoms with Crippen molar-refractivity contribution in [2.45, 2.75) is 20.3 Å². The van der Waals surface area contributed by atoms with Crippen LogP contribution in [0.25, 0.3) is 0 Å². The van der Waals surface area contributed by atoms with Crippen molar-refractivity contribution < 1.29 is 4.79 Å². The molecule has 78 valence electrons. The molecule has 1 heterocycles. The summed E-state index contributed by atoms with van der Waals surface area (Å²) in [5, 5.41) is 9.49. The molecular weight excluding hydrogens is 180 g/mol. The van der Waals surface area contributed by atoms with Crippen molar-refractivity contribution in [2.24, 2.45) is 0 Å². The molecular formula is C9H16N4O. The van der Waals surface area contributed by atoms with Gasteiger partial charge >= 0.3 is 6.03 Å². The molecule has 1 aromatic heterocycles. The maximum atomic E-state index is 11.4. The summed E-state index contributed by atoms with van der Waals surface area (Å²) in [5.74, 6) is 0.576. The molecule has 0 spiro atoms. The zero-order chi connectivity index (χ0) is 10.6. The average Bonchev–Trinajstić information content (AvgIpc) is 2.64. The minimum Gasteiger partial charge on any atom is -0.328 e. The predicted octanol–water partition coefficient (Wildman–Crippen LogP) is 1.46. The highest BCUT2D eigenvalue weighted by Crippen LogP contribution is 2.06. The van der Waals surface area contributed by atoms with E-state index in [0.717, 1.165) is 12.1 Å². The molecule has 0 aromatic carbocycles. The quantitative estimate of drug-likeness (QED) is 0.768. The number of amides is 2. The molecule has 0 unspecified atom stereocenters. The van der Waals surface area contributed by atoms with E-state index in [-0.39, 0.29) is 6.03 Å². The number of nitrogens with one attached hydrogen (secondary N) is 2. The zero-order valence-corrected chi connectivity index (χ0v) is 8.79. The summed E-state index contributed by atoms with van der Waals surface area (Å²) < 4.78 is 0. The number of anilines is 1. The third-order valence-electron chi connectivity index (χ3n) is 2.07. The smallest absolute Gasteiger partial charge is 0.322 e. The molecule has 0 aliphatic carbocycles. The first-order valence-corrected chi connectivity index (χ1v) is 4.73. The van der Waals surface area contributed by atoms with Crippen LogP contribution >= 0.6 is 0 Å². The first kappa shape index (κ1) is 10.6. The number of nitrogens with zero attached hydrogens (tertiary/aromatic N) is 2. The van der Waals surface area contributed by atoms with Gasteiger partial charge in [0.05, 0.1) is 0 Å². The zero-order valence-electron chi connectivity index (χ0n) is 8.79. The van der Waals surface area contributed by atoms with Crippen LogP contribution in [-0.2, 0) is 6.42 Å². The van der Waals surface area contributed by atoms with Gasteiger partial charge in [-0.25, -0.2) is 4.79 Å². The largest absolute Gasteiger partial charge is 0.328 e. The van der Waals surface area contributed by atoms with Crippen LogP contribution in [-0.4, -0.2) is 34.7 Å². The van der Waals surface area contributed by atoms with Gasteiger partial charge in [-0.1, -0.05) is 6.92 Å². The van der Waals surface area contributed by atoms with Crippen LogP contribution in [0, 0.1) is 0 Å². The minimum atomic E-state index is -0.137. The Morgan fingerprint density at radius 1 is 1.64 bits per heavy atom. The van der Waals surface area contributed by atoms with Gasteiger partial charge in [-0.15, -0.1) is 0 Å². The topological polar surface area (TPSA) is 61.0 Å². The van der Waals surface area contributed by atoms with Crippen molar-refractivity contribution in [1.82, 2.24) is 15.1 Å². The summed E-state index contributed by atoms with van der Waals surface area (Å²) in [4.78, 5) is 13.0. The Kier molecular flexibility index (Phi) is 3.50. The van der Waals surface area contributed by atoms with Gasteiger partial charge in [0, 0.05) is 25.4 Å². The van der Waals surface area contributed by atoms with E-state index in [2.05, 4.69) is 15.5 Å².